The van der Waals surface area contributed by atoms with Crippen LogP contribution in [0, 0.1) is 10.1 Å². The number of carbonyl (C=O) groups excluding carboxylic acids is 3. The Hall–Kier alpha value is -6.57. The first-order chi connectivity index (χ1) is 25.8. The summed E-state index contributed by atoms with van der Waals surface area (Å²) in [5, 5.41) is 21.2. The van der Waals surface area contributed by atoms with Crippen molar-refractivity contribution in [1.29, 1.82) is 0 Å². The van der Waals surface area contributed by atoms with Crippen LogP contribution in [-0.2, 0) is 9.59 Å². The highest BCUT2D eigenvalue weighted by molar-refractivity contribution is 8.00. The monoisotopic (exact) mass is 741 g/mol. The molecule has 264 valence electrons. The van der Waals surface area contributed by atoms with E-state index in [4.69, 9.17) is 4.74 Å². The van der Waals surface area contributed by atoms with Crippen LogP contribution < -0.4 is 20.7 Å². The van der Waals surface area contributed by atoms with Gasteiger partial charge in [0.25, 0.3) is 17.5 Å². The quantitative estimate of drug-likeness (QED) is 0.0461. The van der Waals surface area contributed by atoms with Crippen molar-refractivity contribution < 1.29 is 24.0 Å². The molecule has 6 aromatic rings. The molecule has 1 unspecified atom stereocenters. The number of rotatable bonds is 13. The lowest BCUT2D eigenvalue weighted by Crippen LogP contribution is -2.30. The van der Waals surface area contributed by atoms with E-state index < -0.39 is 22.0 Å². The third-order valence-corrected chi connectivity index (χ3v) is 9.79. The molecule has 3 N–H and O–H groups in total. The second-order valence-electron chi connectivity index (χ2n) is 11.3. The highest BCUT2D eigenvalue weighted by atomic mass is 32.2. The van der Waals surface area contributed by atoms with Crippen molar-refractivity contribution in [2.75, 3.05) is 17.7 Å². The van der Waals surface area contributed by atoms with E-state index >= 15 is 0 Å². The van der Waals surface area contributed by atoms with Gasteiger partial charge in [0.05, 0.1) is 17.7 Å². The number of nitrogens with one attached hydrogen (secondary N) is 3. The fraction of sp³-hybridized carbons (Fsp3) is 0.0500. The second-order valence-corrected chi connectivity index (χ2v) is 13.4. The molecular formula is C40H31N5O6S2. The first-order valence-corrected chi connectivity index (χ1v) is 17.9. The molecule has 0 aliphatic rings. The van der Waals surface area contributed by atoms with E-state index in [9.17, 15) is 24.5 Å². The smallest absolute Gasteiger partial charge is 0.272 e. The number of hydrogen-bond donors (Lipinski definition) is 3. The third-order valence-electron chi connectivity index (χ3n) is 7.77. The molecule has 0 spiro atoms. The van der Waals surface area contributed by atoms with E-state index in [2.05, 4.69) is 20.9 Å². The molecule has 0 radical (unpaired) electrons. The Balaban J connectivity index is 1.18. The maximum Gasteiger partial charge on any atom is 0.272 e. The Bertz CT molecular complexity index is 2260. The minimum absolute atomic E-state index is 0.0666. The molecule has 13 heteroatoms. The fourth-order valence-corrected chi connectivity index (χ4v) is 6.87. The molecule has 53 heavy (non-hydrogen) atoms. The maximum atomic E-state index is 13.7. The van der Waals surface area contributed by atoms with Crippen LogP contribution in [0.5, 0.6) is 5.75 Å². The molecule has 0 aliphatic heterocycles. The third kappa shape index (κ3) is 9.41. The summed E-state index contributed by atoms with van der Waals surface area (Å²) in [7, 11) is 1.60. The van der Waals surface area contributed by atoms with Gasteiger partial charge in [-0.3, -0.25) is 24.5 Å². The van der Waals surface area contributed by atoms with Crippen LogP contribution in [0.3, 0.4) is 0 Å². The SMILES string of the molecule is COc1ccccc1-c1csc(NC(=O)C(Sc2ccc(NC(=O)/C(=C/c3ccc([N+](=O)[O-])cc3)NC(=O)c3ccccc3)cc2)c2ccccc2)n1. The van der Waals surface area contributed by atoms with Crippen LogP contribution in [0.15, 0.2) is 149 Å². The largest absolute Gasteiger partial charge is 0.496 e. The summed E-state index contributed by atoms with van der Waals surface area (Å²) < 4.78 is 5.47. The Morgan fingerprint density at radius 2 is 1.49 bits per heavy atom. The number of carbonyl (C=O) groups is 3. The Kier molecular flexibility index (Phi) is 11.7. The lowest BCUT2D eigenvalue weighted by molar-refractivity contribution is -0.384. The van der Waals surface area contributed by atoms with Crippen LogP contribution in [-0.4, -0.2) is 34.7 Å². The number of thiazole rings is 1. The maximum absolute atomic E-state index is 13.7. The van der Waals surface area contributed by atoms with Gasteiger partial charge < -0.3 is 20.7 Å². The summed E-state index contributed by atoms with van der Waals surface area (Å²) in [6.45, 7) is 0. The fourth-order valence-electron chi connectivity index (χ4n) is 5.14. The average Bonchev–Trinajstić information content (AvgIpc) is 3.66. The van der Waals surface area contributed by atoms with Gasteiger partial charge >= 0.3 is 0 Å². The molecule has 6 rings (SSSR count). The van der Waals surface area contributed by atoms with Gasteiger partial charge in [0.2, 0.25) is 5.91 Å². The Morgan fingerprint density at radius 1 is 0.830 bits per heavy atom. The number of para-hydroxylation sites is 1. The van der Waals surface area contributed by atoms with Crippen molar-refractivity contribution in [2.24, 2.45) is 0 Å². The minimum Gasteiger partial charge on any atom is -0.496 e. The van der Waals surface area contributed by atoms with Gasteiger partial charge in [0, 0.05) is 39.2 Å². The normalized spacial score (nSPS) is 11.6. The number of benzene rings is 5. The van der Waals surface area contributed by atoms with Crippen molar-refractivity contribution in [1.82, 2.24) is 10.3 Å². The number of non-ortho nitro benzene ring substituents is 1. The summed E-state index contributed by atoms with van der Waals surface area (Å²) >= 11 is 2.66. The summed E-state index contributed by atoms with van der Waals surface area (Å²) in [4.78, 5) is 56.3. The molecule has 1 heterocycles. The van der Waals surface area contributed by atoms with Gasteiger partial charge in [0.15, 0.2) is 5.13 Å². The number of hydrogen-bond acceptors (Lipinski definition) is 9. The lowest BCUT2D eigenvalue weighted by Gasteiger charge is -2.17. The average molecular weight is 742 g/mol. The van der Waals surface area contributed by atoms with E-state index in [0.717, 1.165) is 16.0 Å². The summed E-state index contributed by atoms with van der Waals surface area (Å²) in [5.41, 5.74) is 3.39. The van der Waals surface area contributed by atoms with Crippen molar-refractivity contribution in [3.05, 3.63) is 171 Å². The summed E-state index contributed by atoms with van der Waals surface area (Å²) in [6.07, 6.45) is 1.44. The number of nitro benzene ring substituents is 1. The molecule has 5 aromatic carbocycles. The van der Waals surface area contributed by atoms with Crippen LogP contribution in [0.1, 0.15) is 26.7 Å². The highest BCUT2D eigenvalue weighted by Crippen LogP contribution is 2.38. The number of nitrogens with zero attached hydrogens (tertiary/aromatic N) is 2. The zero-order chi connectivity index (χ0) is 37.2. The molecule has 0 aliphatic carbocycles. The topological polar surface area (TPSA) is 153 Å². The zero-order valence-electron chi connectivity index (χ0n) is 28.1. The highest BCUT2D eigenvalue weighted by Gasteiger charge is 2.24. The minimum atomic E-state index is -0.625. The first kappa shape index (κ1) is 36.2. The number of aromatic nitrogens is 1. The second kappa shape index (κ2) is 17.1. The molecule has 0 bridgehead atoms. The van der Waals surface area contributed by atoms with Crippen LogP contribution in [0.2, 0.25) is 0 Å². The van der Waals surface area contributed by atoms with Gasteiger partial charge in [-0.25, -0.2) is 4.98 Å². The van der Waals surface area contributed by atoms with Crippen molar-refractivity contribution >= 4 is 63.4 Å². The zero-order valence-corrected chi connectivity index (χ0v) is 29.7. The molecule has 11 nitrogen and oxygen atoms in total. The van der Waals surface area contributed by atoms with Gasteiger partial charge in [-0.15, -0.1) is 23.1 Å². The predicted molar refractivity (Wildman–Crippen MR) is 208 cm³/mol. The molecule has 1 aromatic heterocycles. The number of methoxy groups -OCH3 is 1. The number of anilines is 2. The molecule has 3 amide bonds. The predicted octanol–water partition coefficient (Wildman–Crippen LogP) is 8.61. The van der Waals surface area contributed by atoms with Gasteiger partial charge in [-0.2, -0.15) is 0 Å². The molecule has 0 fully saturated rings. The van der Waals surface area contributed by atoms with Crippen molar-refractivity contribution in [3.8, 4) is 17.0 Å². The summed E-state index contributed by atoms with van der Waals surface area (Å²) in [5.74, 6) is -0.679. The van der Waals surface area contributed by atoms with Crippen molar-refractivity contribution in [2.45, 2.75) is 10.1 Å². The van der Waals surface area contributed by atoms with Crippen LogP contribution in [0.25, 0.3) is 17.3 Å². The standard InChI is InChI=1S/C40H31N5O6S2/c1-51-35-15-9-8-14-32(35)34-25-52-40(43-34)44-39(48)36(27-10-4-2-5-11-27)53-31-22-18-29(19-23-31)41-38(47)33(42-37(46)28-12-6-3-7-13-28)24-26-16-20-30(21-17-26)45(49)50/h2-25,36H,1H3,(H,41,47)(H,42,46)(H,43,44,48)/b33-24-. The van der Waals surface area contributed by atoms with E-state index in [0.29, 0.717) is 33.4 Å². The Morgan fingerprint density at radius 3 is 2.17 bits per heavy atom. The van der Waals surface area contributed by atoms with Crippen molar-refractivity contribution in [3.63, 3.8) is 0 Å². The van der Waals surface area contributed by atoms with Gasteiger partial charge in [-0.1, -0.05) is 60.7 Å². The van der Waals surface area contributed by atoms with Crippen LogP contribution >= 0.6 is 23.1 Å². The van der Waals surface area contributed by atoms with Gasteiger partial charge in [-0.05, 0) is 77.9 Å². The number of thioether (sulfide) groups is 1. The summed E-state index contributed by atoms with van der Waals surface area (Å²) in [6, 6.07) is 37.9. The van der Waals surface area contributed by atoms with E-state index in [1.54, 1.807) is 61.7 Å². The Labute approximate surface area is 312 Å². The van der Waals surface area contributed by atoms with E-state index in [1.807, 2.05) is 60.0 Å². The lowest BCUT2D eigenvalue weighted by atomic mass is 10.1. The van der Waals surface area contributed by atoms with Crippen LogP contribution in [0.4, 0.5) is 16.5 Å². The molecule has 1 atom stereocenters. The number of nitro groups is 1. The number of ether oxygens (including phenoxy) is 1. The molecular weight excluding hydrogens is 711 g/mol. The molecule has 0 saturated carbocycles. The number of amides is 3. The van der Waals surface area contributed by atoms with Gasteiger partial charge in [0.1, 0.15) is 16.7 Å². The van der Waals surface area contributed by atoms with E-state index in [1.165, 1.54) is 53.4 Å². The van der Waals surface area contributed by atoms with E-state index in [-0.39, 0.29) is 17.3 Å². The first-order valence-electron chi connectivity index (χ1n) is 16.1. The molecule has 0 saturated heterocycles.